The van der Waals surface area contributed by atoms with Crippen LogP contribution in [-0.2, 0) is 9.53 Å². The monoisotopic (exact) mass is 240 g/mol. The molecular weight excluding hydrogens is 220 g/mol. The van der Waals surface area contributed by atoms with E-state index >= 15 is 0 Å². The first-order chi connectivity index (χ1) is 8.27. The van der Waals surface area contributed by atoms with E-state index in [0.717, 1.165) is 38.9 Å². The summed E-state index contributed by atoms with van der Waals surface area (Å²) in [5.41, 5.74) is 8.16. The first-order valence-electron chi connectivity index (χ1n) is 6.17. The molecule has 1 atom stereocenters. The number of esters is 1. The molecule has 0 aliphatic carbocycles. The van der Waals surface area contributed by atoms with E-state index < -0.39 is 0 Å². The molecule has 6 nitrogen and oxygen atoms in total. The maximum absolute atomic E-state index is 11.6. The van der Waals surface area contributed by atoms with Gasteiger partial charge in [0.15, 0.2) is 0 Å². The van der Waals surface area contributed by atoms with Gasteiger partial charge in [0.2, 0.25) is 0 Å². The zero-order valence-electron chi connectivity index (χ0n) is 10.3. The molecule has 0 saturated carbocycles. The van der Waals surface area contributed by atoms with Gasteiger partial charge in [0.1, 0.15) is 0 Å². The van der Waals surface area contributed by atoms with Gasteiger partial charge in [0.25, 0.3) is 0 Å². The number of likely N-dealkylation sites (tertiary alicyclic amines) is 1. The third kappa shape index (κ3) is 5.06. The van der Waals surface area contributed by atoms with Crippen LogP contribution in [0, 0.1) is 5.92 Å². The van der Waals surface area contributed by atoms with E-state index in [1.54, 1.807) is 0 Å². The Balaban J connectivity index is 2.28. The summed E-state index contributed by atoms with van der Waals surface area (Å²) in [5.74, 6) is -0.0598. The fourth-order valence-electron chi connectivity index (χ4n) is 2.12. The number of rotatable bonds is 6. The summed E-state index contributed by atoms with van der Waals surface area (Å²) in [5, 5.41) is 3.50. The smallest absolute Gasteiger partial charge is 0.310 e. The van der Waals surface area contributed by atoms with Crippen molar-refractivity contribution in [2.45, 2.75) is 26.2 Å². The van der Waals surface area contributed by atoms with Gasteiger partial charge in [0, 0.05) is 18.0 Å². The molecule has 1 fully saturated rings. The SMILES string of the molecule is CCOC(=O)C1CCCN(CCCN=[N+]=[N-])C1. The van der Waals surface area contributed by atoms with Crippen molar-refractivity contribution in [3.05, 3.63) is 10.4 Å². The summed E-state index contributed by atoms with van der Waals surface area (Å²) in [6.07, 6.45) is 2.80. The third-order valence-corrected chi connectivity index (χ3v) is 2.92. The lowest BCUT2D eigenvalue weighted by Crippen LogP contribution is -2.39. The molecule has 1 heterocycles. The summed E-state index contributed by atoms with van der Waals surface area (Å²) in [6, 6.07) is 0. The number of carbonyl (C=O) groups excluding carboxylic acids is 1. The number of hydrogen-bond acceptors (Lipinski definition) is 4. The first-order valence-corrected chi connectivity index (χ1v) is 6.17. The van der Waals surface area contributed by atoms with Gasteiger partial charge in [-0.3, -0.25) is 4.79 Å². The molecular formula is C11H20N4O2. The lowest BCUT2D eigenvalue weighted by Gasteiger charge is -2.31. The second kappa shape index (κ2) is 7.92. The Morgan fingerprint density at radius 1 is 1.65 bits per heavy atom. The van der Waals surface area contributed by atoms with Gasteiger partial charge >= 0.3 is 5.97 Å². The van der Waals surface area contributed by atoms with Crippen molar-refractivity contribution in [1.29, 1.82) is 0 Å². The zero-order valence-corrected chi connectivity index (χ0v) is 10.3. The van der Waals surface area contributed by atoms with Gasteiger partial charge in [0.05, 0.1) is 12.5 Å². The molecule has 1 rings (SSSR count). The second-order valence-corrected chi connectivity index (χ2v) is 4.20. The van der Waals surface area contributed by atoms with Gasteiger partial charge < -0.3 is 9.64 Å². The molecule has 96 valence electrons. The highest BCUT2D eigenvalue weighted by molar-refractivity contribution is 5.72. The van der Waals surface area contributed by atoms with E-state index in [9.17, 15) is 4.79 Å². The molecule has 0 N–H and O–H groups in total. The maximum atomic E-state index is 11.6. The van der Waals surface area contributed by atoms with Gasteiger partial charge in [-0.25, -0.2) is 0 Å². The summed E-state index contributed by atoms with van der Waals surface area (Å²) in [4.78, 5) is 16.6. The normalized spacial score (nSPS) is 20.6. The minimum Gasteiger partial charge on any atom is -0.466 e. The number of carbonyl (C=O) groups is 1. The van der Waals surface area contributed by atoms with Gasteiger partial charge in [-0.1, -0.05) is 5.11 Å². The van der Waals surface area contributed by atoms with Crippen molar-refractivity contribution >= 4 is 5.97 Å². The Hall–Kier alpha value is -1.26. The van der Waals surface area contributed by atoms with E-state index in [0.29, 0.717) is 13.2 Å². The molecule has 0 aromatic carbocycles. The fourth-order valence-corrected chi connectivity index (χ4v) is 2.12. The van der Waals surface area contributed by atoms with E-state index in [1.165, 1.54) is 0 Å². The molecule has 0 aromatic rings. The number of azide groups is 1. The Kier molecular flexibility index (Phi) is 6.43. The number of nitrogens with zero attached hydrogens (tertiary/aromatic N) is 4. The van der Waals surface area contributed by atoms with Crippen LogP contribution < -0.4 is 0 Å². The molecule has 0 radical (unpaired) electrons. The first kappa shape index (κ1) is 13.8. The number of hydrogen-bond donors (Lipinski definition) is 0. The highest BCUT2D eigenvalue weighted by Crippen LogP contribution is 2.17. The van der Waals surface area contributed by atoms with Crippen LogP contribution in [0.2, 0.25) is 0 Å². The van der Waals surface area contributed by atoms with Crippen molar-refractivity contribution < 1.29 is 9.53 Å². The lowest BCUT2D eigenvalue weighted by atomic mass is 9.98. The number of piperidine rings is 1. The van der Waals surface area contributed by atoms with Crippen molar-refractivity contribution in [3.63, 3.8) is 0 Å². The molecule has 0 amide bonds. The molecule has 0 bridgehead atoms. The van der Waals surface area contributed by atoms with Crippen LogP contribution in [0.5, 0.6) is 0 Å². The van der Waals surface area contributed by atoms with Crippen LogP contribution in [0.25, 0.3) is 10.4 Å². The average molecular weight is 240 g/mol. The van der Waals surface area contributed by atoms with Crippen LogP contribution in [0.1, 0.15) is 26.2 Å². The quantitative estimate of drug-likeness (QED) is 0.234. The van der Waals surface area contributed by atoms with Crippen LogP contribution >= 0.6 is 0 Å². The van der Waals surface area contributed by atoms with E-state index in [1.807, 2.05) is 6.92 Å². The van der Waals surface area contributed by atoms with Crippen molar-refractivity contribution in [1.82, 2.24) is 4.90 Å². The third-order valence-electron chi connectivity index (χ3n) is 2.92. The molecule has 1 saturated heterocycles. The zero-order chi connectivity index (χ0) is 12.5. The fraction of sp³-hybridized carbons (Fsp3) is 0.909. The van der Waals surface area contributed by atoms with Gasteiger partial charge in [-0.05, 0) is 44.8 Å². The van der Waals surface area contributed by atoms with E-state index in [2.05, 4.69) is 14.9 Å². The molecule has 1 aliphatic rings. The maximum Gasteiger partial charge on any atom is 0.310 e. The number of ether oxygens (including phenoxy) is 1. The summed E-state index contributed by atoms with van der Waals surface area (Å²) in [7, 11) is 0. The van der Waals surface area contributed by atoms with Crippen LogP contribution in [0.15, 0.2) is 5.11 Å². The van der Waals surface area contributed by atoms with Crippen LogP contribution in [0.3, 0.4) is 0 Å². The molecule has 6 heteroatoms. The molecule has 1 aliphatic heterocycles. The summed E-state index contributed by atoms with van der Waals surface area (Å²) < 4.78 is 5.04. The Labute approximate surface area is 102 Å². The highest BCUT2D eigenvalue weighted by atomic mass is 16.5. The Bertz CT molecular complexity index is 289. The van der Waals surface area contributed by atoms with Gasteiger partial charge in [-0.2, -0.15) is 0 Å². The van der Waals surface area contributed by atoms with Gasteiger partial charge in [-0.15, -0.1) is 0 Å². The van der Waals surface area contributed by atoms with Crippen molar-refractivity contribution in [2.75, 3.05) is 32.8 Å². The topological polar surface area (TPSA) is 78.3 Å². The van der Waals surface area contributed by atoms with Crippen molar-refractivity contribution in [3.8, 4) is 0 Å². The highest BCUT2D eigenvalue weighted by Gasteiger charge is 2.26. The predicted octanol–water partition coefficient (Wildman–Crippen LogP) is 1.96. The molecule has 0 spiro atoms. The molecule has 0 aromatic heterocycles. The minimum atomic E-state index is -0.0766. The standard InChI is InChI=1S/C11H20N4O2/c1-2-17-11(16)10-5-3-7-15(9-10)8-4-6-13-14-12/h10H,2-9H2,1H3. The second-order valence-electron chi connectivity index (χ2n) is 4.20. The largest absolute Gasteiger partial charge is 0.466 e. The van der Waals surface area contributed by atoms with Crippen LogP contribution in [-0.4, -0.2) is 43.7 Å². The average Bonchev–Trinajstić information content (AvgIpc) is 2.35. The molecule has 17 heavy (non-hydrogen) atoms. The van der Waals surface area contributed by atoms with E-state index in [-0.39, 0.29) is 11.9 Å². The Morgan fingerprint density at radius 2 is 2.47 bits per heavy atom. The minimum absolute atomic E-state index is 0.0168. The van der Waals surface area contributed by atoms with Crippen molar-refractivity contribution in [2.24, 2.45) is 11.0 Å². The van der Waals surface area contributed by atoms with E-state index in [4.69, 9.17) is 10.3 Å². The lowest BCUT2D eigenvalue weighted by molar-refractivity contribution is -0.149. The van der Waals surface area contributed by atoms with Crippen LogP contribution in [0.4, 0.5) is 0 Å². The summed E-state index contributed by atoms with van der Waals surface area (Å²) in [6.45, 7) is 5.48. The molecule has 1 unspecified atom stereocenters. The summed E-state index contributed by atoms with van der Waals surface area (Å²) >= 11 is 0. The predicted molar refractivity (Wildman–Crippen MR) is 64.4 cm³/mol. The Morgan fingerprint density at radius 3 is 3.18 bits per heavy atom.